The molecule has 4 heteroatoms. The third-order valence-electron chi connectivity index (χ3n) is 4.08. The van der Waals surface area contributed by atoms with Gasteiger partial charge in [-0.1, -0.05) is 37.3 Å². The number of nitrogens with one attached hydrogen (secondary N) is 2. The number of ether oxygens (including phenoxy) is 1. The maximum atomic E-state index is 12.4. The molecule has 4 nitrogen and oxygen atoms in total. The summed E-state index contributed by atoms with van der Waals surface area (Å²) in [5.41, 5.74) is 0.610. The molecule has 1 saturated heterocycles. The second-order valence-electron chi connectivity index (χ2n) is 5.39. The normalized spacial score (nSPS) is 26.2. The van der Waals surface area contributed by atoms with Gasteiger partial charge in [0.2, 0.25) is 0 Å². The van der Waals surface area contributed by atoms with E-state index in [-0.39, 0.29) is 11.9 Å². The number of piperidine rings is 1. The van der Waals surface area contributed by atoms with Gasteiger partial charge in [0.1, 0.15) is 5.54 Å². The number of hydrogen-bond donors (Lipinski definition) is 2. The summed E-state index contributed by atoms with van der Waals surface area (Å²) < 4.78 is 5.31. The maximum absolute atomic E-state index is 12.4. The van der Waals surface area contributed by atoms with Crippen molar-refractivity contribution >= 4 is 5.97 Å². The molecule has 0 amide bonds. The van der Waals surface area contributed by atoms with Crippen LogP contribution in [0.3, 0.4) is 0 Å². The average Bonchev–Trinajstić information content (AvgIpc) is 2.48. The van der Waals surface area contributed by atoms with Crippen LogP contribution in [-0.2, 0) is 16.1 Å². The first-order chi connectivity index (χ1) is 9.69. The van der Waals surface area contributed by atoms with E-state index < -0.39 is 5.54 Å². The third kappa shape index (κ3) is 3.19. The summed E-state index contributed by atoms with van der Waals surface area (Å²) in [7, 11) is 0. The molecule has 1 fully saturated rings. The van der Waals surface area contributed by atoms with Gasteiger partial charge in [0.25, 0.3) is 0 Å². The standard InChI is InChI=1S/C16H24N2O2/c1-3-20-15(19)16(9-10-17-11-13(16)2)18-12-14-7-5-4-6-8-14/h4-8,13,17-18H,3,9-12H2,1-2H3. The molecule has 2 N–H and O–H groups in total. The van der Waals surface area contributed by atoms with Gasteiger partial charge in [-0.15, -0.1) is 0 Å². The van der Waals surface area contributed by atoms with Gasteiger partial charge in [0.15, 0.2) is 0 Å². The van der Waals surface area contributed by atoms with Crippen LogP contribution >= 0.6 is 0 Å². The Morgan fingerprint density at radius 2 is 2.20 bits per heavy atom. The largest absolute Gasteiger partial charge is 0.465 e. The van der Waals surface area contributed by atoms with Gasteiger partial charge < -0.3 is 10.1 Å². The number of rotatable bonds is 5. The minimum atomic E-state index is -0.572. The molecule has 0 saturated carbocycles. The van der Waals surface area contributed by atoms with Gasteiger partial charge in [-0.25, -0.2) is 0 Å². The Morgan fingerprint density at radius 3 is 2.85 bits per heavy atom. The van der Waals surface area contributed by atoms with Crippen LogP contribution in [0.5, 0.6) is 0 Å². The topological polar surface area (TPSA) is 50.4 Å². The van der Waals surface area contributed by atoms with Gasteiger partial charge >= 0.3 is 5.97 Å². The Balaban J connectivity index is 2.12. The predicted octanol–water partition coefficient (Wildman–Crippen LogP) is 1.71. The lowest BCUT2D eigenvalue weighted by atomic mass is 9.79. The van der Waals surface area contributed by atoms with Crippen molar-refractivity contribution in [3.63, 3.8) is 0 Å². The summed E-state index contributed by atoms with van der Waals surface area (Å²) >= 11 is 0. The predicted molar refractivity (Wildman–Crippen MR) is 79.3 cm³/mol. The van der Waals surface area contributed by atoms with Crippen LogP contribution in [-0.4, -0.2) is 31.2 Å². The van der Waals surface area contributed by atoms with Crippen LogP contribution in [0.1, 0.15) is 25.8 Å². The fourth-order valence-corrected chi connectivity index (χ4v) is 2.78. The summed E-state index contributed by atoms with van der Waals surface area (Å²) in [6.45, 7) is 6.74. The van der Waals surface area contributed by atoms with Gasteiger partial charge in [-0.3, -0.25) is 10.1 Å². The molecule has 2 atom stereocenters. The van der Waals surface area contributed by atoms with E-state index in [0.29, 0.717) is 13.2 Å². The van der Waals surface area contributed by atoms with E-state index in [0.717, 1.165) is 19.5 Å². The molecule has 1 aromatic rings. The highest BCUT2D eigenvalue weighted by Crippen LogP contribution is 2.26. The molecule has 110 valence electrons. The van der Waals surface area contributed by atoms with Crippen LogP contribution in [0.25, 0.3) is 0 Å². The molecule has 0 bridgehead atoms. The fraction of sp³-hybridized carbons (Fsp3) is 0.562. The van der Waals surface area contributed by atoms with Crippen LogP contribution in [0, 0.1) is 5.92 Å². The maximum Gasteiger partial charge on any atom is 0.326 e. The molecule has 0 aliphatic carbocycles. The Morgan fingerprint density at radius 1 is 1.45 bits per heavy atom. The minimum absolute atomic E-state index is 0.120. The van der Waals surface area contributed by atoms with Gasteiger partial charge in [-0.05, 0) is 31.4 Å². The van der Waals surface area contributed by atoms with E-state index in [1.807, 2.05) is 25.1 Å². The lowest BCUT2D eigenvalue weighted by molar-refractivity contribution is -0.155. The summed E-state index contributed by atoms with van der Waals surface area (Å²) in [6.07, 6.45) is 0.764. The summed E-state index contributed by atoms with van der Waals surface area (Å²) in [6, 6.07) is 10.2. The van der Waals surface area contributed by atoms with E-state index in [1.54, 1.807) is 0 Å². The van der Waals surface area contributed by atoms with Crippen molar-refractivity contribution in [2.24, 2.45) is 5.92 Å². The SMILES string of the molecule is CCOC(=O)C1(NCc2ccccc2)CCNCC1C. The van der Waals surface area contributed by atoms with Crippen LogP contribution in [0.4, 0.5) is 0 Å². The van der Waals surface area contributed by atoms with Gasteiger partial charge in [0.05, 0.1) is 6.61 Å². The zero-order valence-electron chi connectivity index (χ0n) is 12.3. The summed E-state index contributed by atoms with van der Waals surface area (Å²) in [5.74, 6) is 0.0870. The molecule has 0 spiro atoms. The molecule has 20 heavy (non-hydrogen) atoms. The summed E-state index contributed by atoms with van der Waals surface area (Å²) in [4.78, 5) is 12.4. The Kier molecular flexibility index (Phi) is 5.15. The number of esters is 1. The number of benzene rings is 1. The van der Waals surface area contributed by atoms with E-state index in [1.165, 1.54) is 5.56 Å². The van der Waals surface area contributed by atoms with Crippen molar-refractivity contribution in [3.05, 3.63) is 35.9 Å². The minimum Gasteiger partial charge on any atom is -0.465 e. The smallest absolute Gasteiger partial charge is 0.326 e. The van der Waals surface area contributed by atoms with Crippen LogP contribution < -0.4 is 10.6 Å². The van der Waals surface area contributed by atoms with Crippen molar-refractivity contribution < 1.29 is 9.53 Å². The fourth-order valence-electron chi connectivity index (χ4n) is 2.78. The third-order valence-corrected chi connectivity index (χ3v) is 4.08. The highest BCUT2D eigenvalue weighted by molar-refractivity contribution is 5.81. The zero-order chi connectivity index (χ0) is 14.4. The van der Waals surface area contributed by atoms with Crippen LogP contribution in [0.2, 0.25) is 0 Å². The number of hydrogen-bond acceptors (Lipinski definition) is 4. The zero-order valence-corrected chi connectivity index (χ0v) is 12.3. The first-order valence-corrected chi connectivity index (χ1v) is 7.36. The molecular formula is C16H24N2O2. The summed E-state index contributed by atoms with van der Waals surface area (Å²) in [5, 5.41) is 6.81. The van der Waals surface area contributed by atoms with Crippen LogP contribution in [0.15, 0.2) is 30.3 Å². The number of carbonyl (C=O) groups is 1. The monoisotopic (exact) mass is 276 g/mol. The number of carbonyl (C=O) groups excluding carboxylic acids is 1. The van der Waals surface area contributed by atoms with E-state index in [9.17, 15) is 4.79 Å². The van der Waals surface area contributed by atoms with Gasteiger partial charge in [-0.2, -0.15) is 0 Å². The molecule has 0 radical (unpaired) electrons. The van der Waals surface area contributed by atoms with Crippen molar-refractivity contribution in [2.45, 2.75) is 32.4 Å². The van der Waals surface area contributed by atoms with Gasteiger partial charge in [0, 0.05) is 13.1 Å². The first-order valence-electron chi connectivity index (χ1n) is 7.36. The molecule has 2 unspecified atom stereocenters. The second-order valence-corrected chi connectivity index (χ2v) is 5.39. The van der Waals surface area contributed by atoms with E-state index >= 15 is 0 Å². The van der Waals surface area contributed by atoms with E-state index in [4.69, 9.17) is 4.74 Å². The highest BCUT2D eigenvalue weighted by atomic mass is 16.5. The lowest BCUT2D eigenvalue weighted by Gasteiger charge is -2.41. The first kappa shape index (κ1) is 15.0. The molecule has 1 aromatic carbocycles. The van der Waals surface area contributed by atoms with E-state index in [2.05, 4.69) is 29.7 Å². The molecule has 1 aliphatic heterocycles. The van der Waals surface area contributed by atoms with Crippen molar-refractivity contribution in [1.82, 2.24) is 10.6 Å². The highest BCUT2D eigenvalue weighted by Gasteiger charge is 2.45. The molecular weight excluding hydrogens is 252 g/mol. The molecule has 1 heterocycles. The van der Waals surface area contributed by atoms with Crippen molar-refractivity contribution in [2.75, 3.05) is 19.7 Å². The lowest BCUT2D eigenvalue weighted by Crippen LogP contribution is -2.63. The quantitative estimate of drug-likeness (QED) is 0.804. The van der Waals surface area contributed by atoms with Crippen molar-refractivity contribution in [1.29, 1.82) is 0 Å². The average molecular weight is 276 g/mol. The van der Waals surface area contributed by atoms with Crippen molar-refractivity contribution in [3.8, 4) is 0 Å². The molecule has 0 aromatic heterocycles. The Bertz CT molecular complexity index is 435. The second kappa shape index (κ2) is 6.86. The Labute approximate surface area is 120 Å². The Hall–Kier alpha value is -1.39. The molecule has 2 rings (SSSR count). The molecule has 1 aliphatic rings.